The second-order valence-corrected chi connectivity index (χ2v) is 7.90. The molecule has 0 aromatic heterocycles. The highest BCUT2D eigenvalue weighted by atomic mass is 16.5. The first kappa shape index (κ1) is 27.0. The number of benzene rings is 2. The van der Waals surface area contributed by atoms with E-state index in [2.05, 4.69) is 10.7 Å². The third kappa shape index (κ3) is 7.19. The van der Waals surface area contributed by atoms with Gasteiger partial charge in [0.25, 0.3) is 11.8 Å². The first-order valence-electron chi connectivity index (χ1n) is 11.3. The minimum atomic E-state index is -0.857. The minimum Gasteiger partial charge on any atom is -0.497 e. The summed E-state index contributed by atoms with van der Waals surface area (Å²) in [6, 6.07) is 10.6. The summed E-state index contributed by atoms with van der Waals surface area (Å²) in [5.74, 6) is -2.96. The van der Waals surface area contributed by atoms with Crippen LogP contribution in [0.3, 0.4) is 0 Å². The number of hydrazine groups is 1. The van der Waals surface area contributed by atoms with Crippen LogP contribution in [0.2, 0.25) is 0 Å². The van der Waals surface area contributed by atoms with E-state index in [1.807, 2.05) is 0 Å². The number of nitrogens with zero attached hydrogens (tertiary/aromatic N) is 1. The number of methoxy groups -OCH3 is 2. The summed E-state index contributed by atoms with van der Waals surface area (Å²) in [5, 5.41) is 3.58. The Morgan fingerprint density at radius 1 is 0.946 bits per heavy atom. The predicted molar refractivity (Wildman–Crippen MR) is 129 cm³/mol. The van der Waals surface area contributed by atoms with E-state index in [1.54, 1.807) is 13.0 Å². The molecule has 2 aromatic carbocycles. The van der Waals surface area contributed by atoms with Crippen LogP contribution in [0.25, 0.3) is 0 Å². The van der Waals surface area contributed by atoms with E-state index in [0.29, 0.717) is 22.7 Å². The summed E-state index contributed by atoms with van der Waals surface area (Å²) < 4.78 is 20.2. The molecule has 2 aromatic rings. The third-order valence-electron chi connectivity index (χ3n) is 5.33. The first-order valence-corrected chi connectivity index (χ1v) is 11.3. The summed E-state index contributed by atoms with van der Waals surface area (Å²) in [7, 11) is 2.89. The van der Waals surface area contributed by atoms with Gasteiger partial charge < -0.3 is 24.3 Å². The number of amides is 3. The zero-order chi connectivity index (χ0) is 26.9. The summed E-state index contributed by atoms with van der Waals surface area (Å²) >= 11 is 0. The normalized spacial score (nSPS) is 14.5. The van der Waals surface area contributed by atoms with Crippen LogP contribution in [0.5, 0.6) is 11.5 Å². The van der Waals surface area contributed by atoms with Crippen molar-refractivity contribution in [3.8, 4) is 11.5 Å². The molecule has 37 heavy (non-hydrogen) atoms. The van der Waals surface area contributed by atoms with Gasteiger partial charge in [0.2, 0.25) is 5.91 Å². The second kappa shape index (κ2) is 12.4. The van der Waals surface area contributed by atoms with Gasteiger partial charge in [0.1, 0.15) is 11.5 Å². The molecule has 0 unspecified atom stereocenters. The molecule has 1 saturated heterocycles. The quantitative estimate of drug-likeness (QED) is 0.451. The van der Waals surface area contributed by atoms with Crippen molar-refractivity contribution < 1.29 is 42.9 Å². The lowest BCUT2D eigenvalue weighted by atomic mass is 10.1. The number of hydrogen-bond acceptors (Lipinski definition) is 9. The van der Waals surface area contributed by atoms with Crippen LogP contribution in [-0.4, -0.2) is 68.6 Å². The molecule has 1 aliphatic rings. The summed E-state index contributed by atoms with van der Waals surface area (Å²) in [6.45, 7) is 1.26. The van der Waals surface area contributed by atoms with Crippen molar-refractivity contribution in [1.29, 1.82) is 0 Å². The Hall–Kier alpha value is -4.61. The van der Waals surface area contributed by atoms with E-state index in [-0.39, 0.29) is 25.1 Å². The molecule has 0 aliphatic carbocycles. The molecule has 196 valence electrons. The molecular formula is C25H27N3O9. The van der Waals surface area contributed by atoms with Gasteiger partial charge in [-0.05, 0) is 43.3 Å². The van der Waals surface area contributed by atoms with E-state index in [9.17, 15) is 24.0 Å². The van der Waals surface area contributed by atoms with E-state index in [1.165, 1.54) is 50.6 Å². The van der Waals surface area contributed by atoms with Crippen molar-refractivity contribution in [2.45, 2.75) is 13.3 Å². The molecule has 0 spiro atoms. The molecule has 3 amide bonds. The van der Waals surface area contributed by atoms with Crippen LogP contribution < -0.4 is 20.2 Å². The van der Waals surface area contributed by atoms with Crippen LogP contribution >= 0.6 is 0 Å². The highest BCUT2D eigenvalue weighted by molar-refractivity contribution is 5.97. The van der Waals surface area contributed by atoms with E-state index in [4.69, 9.17) is 18.9 Å². The van der Waals surface area contributed by atoms with Crippen LogP contribution in [0.1, 0.15) is 34.1 Å². The average Bonchev–Trinajstić information content (AvgIpc) is 3.27. The predicted octanol–water partition coefficient (Wildman–Crippen LogP) is 1.56. The lowest BCUT2D eigenvalue weighted by Crippen LogP contribution is -2.43. The van der Waals surface area contributed by atoms with E-state index >= 15 is 0 Å². The summed E-state index contributed by atoms with van der Waals surface area (Å²) in [5.41, 5.74) is 3.39. The number of carbonyl (C=O) groups is 5. The Kier molecular flexibility index (Phi) is 9.03. The molecule has 12 nitrogen and oxygen atoms in total. The number of hydrogen-bond donors (Lipinski definition) is 2. The minimum absolute atomic E-state index is 0.110. The summed E-state index contributed by atoms with van der Waals surface area (Å²) in [6.07, 6.45) is -0.183. The molecule has 12 heteroatoms. The largest absolute Gasteiger partial charge is 0.497 e. The van der Waals surface area contributed by atoms with Gasteiger partial charge >= 0.3 is 11.9 Å². The maximum Gasteiger partial charge on any atom is 0.338 e. The van der Waals surface area contributed by atoms with Gasteiger partial charge in [-0.3, -0.25) is 29.6 Å². The van der Waals surface area contributed by atoms with Gasteiger partial charge in [-0.1, -0.05) is 0 Å². The molecule has 0 bridgehead atoms. The number of carbonyl (C=O) groups excluding carboxylic acids is 5. The topological polar surface area (TPSA) is 150 Å². The van der Waals surface area contributed by atoms with E-state index < -0.39 is 42.2 Å². The Morgan fingerprint density at radius 2 is 1.59 bits per heavy atom. The first-order chi connectivity index (χ1) is 17.7. The zero-order valence-electron chi connectivity index (χ0n) is 20.6. The number of anilines is 1. The van der Waals surface area contributed by atoms with Crippen molar-refractivity contribution in [3.05, 3.63) is 53.6 Å². The fourth-order valence-corrected chi connectivity index (χ4v) is 3.45. The Bertz CT molecular complexity index is 1160. The molecule has 2 N–H and O–H groups in total. The number of ether oxygens (including phenoxy) is 4. The van der Waals surface area contributed by atoms with Gasteiger partial charge in [0.05, 0.1) is 38.9 Å². The standard InChI is InChI=1S/C25H27N3O9/c1-4-36-24(32)15-5-7-18(8-6-15)26-21(29)14-37-25(33)17-11-22(30)28(13-17)27-23(31)16-9-19(34-2)12-20(10-16)35-3/h5-10,12,17H,4,11,13-14H2,1-3H3,(H,26,29)(H,27,31)/t17-/m0/s1. The SMILES string of the molecule is CCOC(=O)c1ccc(NC(=O)COC(=O)[C@H]2CC(=O)N(NC(=O)c3cc(OC)cc(OC)c3)C2)cc1. The maximum absolute atomic E-state index is 12.6. The Morgan fingerprint density at radius 3 is 2.19 bits per heavy atom. The molecule has 0 saturated carbocycles. The van der Waals surface area contributed by atoms with Crippen molar-refractivity contribution in [2.24, 2.45) is 5.92 Å². The van der Waals surface area contributed by atoms with Gasteiger partial charge in [0.15, 0.2) is 6.61 Å². The Labute approximate surface area is 212 Å². The lowest BCUT2D eigenvalue weighted by molar-refractivity contribution is -0.151. The average molecular weight is 514 g/mol. The number of rotatable bonds is 10. The van der Waals surface area contributed by atoms with Gasteiger partial charge in [-0.25, -0.2) is 4.79 Å². The highest BCUT2D eigenvalue weighted by Crippen LogP contribution is 2.23. The summed E-state index contributed by atoms with van der Waals surface area (Å²) in [4.78, 5) is 61.2. The molecule has 1 atom stereocenters. The van der Waals surface area contributed by atoms with Crippen molar-refractivity contribution in [2.75, 3.05) is 39.3 Å². The van der Waals surface area contributed by atoms with Crippen molar-refractivity contribution in [3.63, 3.8) is 0 Å². The fraction of sp³-hybridized carbons (Fsp3) is 0.320. The maximum atomic E-state index is 12.6. The molecule has 1 aliphatic heterocycles. The number of esters is 2. The third-order valence-corrected chi connectivity index (χ3v) is 5.33. The molecule has 1 heterocycles. The van der Waals surface area contributed by atoms with Crippen LogP contribution in [-0.2, 0) is 23.9 Å². The Balaban J connectivity index is 1.49. The van der Waals surface area contributed by atoms with Crippen molar-refractivity contribution in [1.82, 2.24) is 10.4 Å². The highest BCUT2D eigenvalue weighted by Gasteiger charge is 2.36. The van der Waals surface area contributed by atoms with Gasteiger partial charge in [0, 0.05) is 23.7 Å². The molecule has 3 rings (SSSR count). The van der Waals surface area contributed by atoms with Crippen LogP contribution in [0.4, 0.5) is 5.69 Å². The van der Waals surface area contributed by atoms with Gasteiger partial charge in [-0.2, -0.15) is 0 Å². The second-order valence-electron chi connectivity index (χ2n) is 7.90. The monoisotopic (exact) mass is 513 g/mol. The van der Waals surface area contributed by atoms with E-state index in [0.717, 1.165) is 5.01 Å². The molecule has 1 fully saturated rings. The van der Waals surface area contributed by atoms with Crippen LogP contribution in [0.15, 0.2) is 42.5 Å². The van der Waals surface area contributed by atoms with Crippen LogP contribution in [0, 0.1) is 5.92 Å². The zero-order valence-corrected chi connectivity index (χ0v) is 20.6. The fourth-order valence-electron chi connectivity index (χ4n) is 3.45. The number of nitrogens with one attached hydrogen (secondary N) is 2. The van der Waals surface area contributed by atoms with Crippen molar-refractivity contribution >= 4 is 35.3 Å². The van der Waals surface area contributed by atoms with Gasteiger partial charge in [-0.15, -0.1) is 0 Å². The lowest BCUT2D eigenvalue weighted by Gasteiger charge is -2.18. The molecular weight excluding hydrogens is 486 g/mol. The smallest absolute Gasteiger partial charge is 0.338 e. The molecule has 0 radical (unpaired) electrons.